The van der Waals surface area contributed by atoms with Gasteiger partial charge in [-0.25, -0.2) is 12.8 Å². The van der Waals surface area contributed by atoms with Crippen LogP contribution in [0, 0.1) is 26.6 Å². The van der Waals surface area contributed by atoms with Crippen LogP contribution in [-0.4, -0.2) is 19.5 Å². The summed E-state index contributed by atoms with van der Waals surface area (Å²) in [5, 5.41) is 6.60. The second-order valence-electron chi connectivity index (χ2n) is 6.57. The van der Waals surface area contributed by atoms with Gasteiger partial charge < -0.3 is 9.84 Å². The molecule has 0 spiro atoms. The van der Waals surface area contributed by atoms with Gasteiger partial charge in [-0.15, -0.1) is 0 Å². The standard InChI is InChI=1S/C20H20FN3O4S/c1-12-4-9-17(29(26,27)24-16-7-5-15(21)6-8-16)10-18(12)20(25)22-11-19-13(2)23-28-14(19)3/h4-10,24H,11H2,1-3H3,(H,22,25). The van der Waals surface area contributed by atoms with Crippen LogP contribution in [0.4, 0.5) is 10.1 Å². The Morgan fingerprint density at radius 1 is 1.10 bits per heavy atom. The van der Waals surface area contributed by atoms with Crippen LogP contribution in [-0.2, 0) is 16.6 Å². The highest BCUT2D eigenvalue weighted by molar-refractivity contribution is 7.92. The van der Waals surface area contributed by atoms with Crippen molar-refractivity contribution in [2.45, 2.75) is 32.2 Å². The molecule has 2 N–H and O–H groups in total. The van der Waals surface area contributed by atoms with E-state index in [1.165, 1.54) is 24.3 Å². The quantitative estimate of drug-likeness (QED) is 0.640. The van der Waals surface area contributed by atoms with Crippen molar-refractivity contribution in [2.24, 2.45) is 0 Å². The number of rotatable bonds is 6. The van der Waals surface area contributed by atoms with E-state index in [0.717, 1.165) is 17.7 Å². The Labute approximate surface area is 168 Å². The molecule has 0 saturated carbocycles. The fourth-order valence-electron chi connectivity index (χ4n) is 2.76. The summed E-state index contributed by atoms with van der Waals surface area (Å²) in [4.78, 5) is 12.6. The molecule has 0 aliphatic carbocycles. The molecule has 3 aromatic rings. The van der Waals surface area contributed by atoms with Gasteiger partial charge in [-0.3, -0.25) is 9.52 Å². The normalized spacial score (nSPS) is 11.3. The average molecular weight is 417 g/mol. The van der Waals surface area contributed by atoms with E-state index in [1.807, 2.05) is 0 Å². The summed E-state index contributed by atoms with van der Waals surface area (Å²) in [6, 6.07) is 9.22. The number of halogens is 1. The first-order chi connectivity index (χ1) is 13.7. The summed E-state index contributed by atoms with van der Waals surface area (Å²) >= 11 is 0. The number of carbonyl (C=O) groups excluding carboxylic acids is 1. The number of aromatic nitrogens is 1. The monoisotopic (exact) mass is 417 g/mol. The van der Waals surface area contributed by atoms with Gasteiger partial charge in [-0.2, -0.15) is 0 Å². The van der Waals surface area contributed by atoms with Gasteiger partial charge >= 0.3 is 0 Å². The Kier molecular flexibility index (Phi) is 5.69. The van der Waals surface area contributed by atoms with Crippen LogP contribution in [0.15, 0.2) is 51.9 Å². The van der Waals surface area contributed by atoms with Crippen LogP contribution in [0.25, 0.3) is 0 Å². The molecule has 2 aromatic carbocycles. The van der Waals surface area contributed by atoms with Gasteiger partial charge in [0.25, 0.3) is 15.9 Å². The molecule has 1 heterocycles. The van der Waals surface area contributed by atoms with Crippen molar-refractivity contribution in [3.05, 3.63) is 76.4 Å². The highest BCUT2D eigenvalue weighted by Crippen LogP contribution is 2.20. The van der Waals surface area contributed by atoms with Gasteiger partial charge in [0, 0.05) is 23.4 Å². The molecular formula is C20H20FN3O4S. The summed E-state index contributed by atoms with van der Waals surface area (Å²) in [6.45, 7) is 5.46. The lowest BCUT2D eigenvalue weighted by Gasteiger charge is -2.12. The van der Waals surface area contributed by atoms with E-state index in [4.69, 9.17) is 4.52 Å². The van der Waals surface area contributed by atoms with E-state index in [-0.39, 0.29) is 22.7 Å². The summed E-state index contributed by atoms with van der Waals surface area (Å²) in [7, 11) is -3.95. The lowest BCUT2D eigenvalue weighted by Crippen LogP contribution is -2.24. The zero-order valence-corrected chi connectivity index (χ0v) is 16.9. The number of hydrogen-bond donors (Lipinski definition) is 2. The Bertz CT molecular complexity index is 1140. The molecule has 0 radical (unpaired) electrons. The third-order valence-corrected chi connectivity index (χ3v) is 5.85. The Morgan fingerprint density at radius 2 is 1.79 bits per heavy atom. The minimum atomic E-state index is -3.95. The third kappa shape index (κ3) is 4.62. The number of amides is 1. The number of nitrogens with one attached hydrogen (secondary N) is 2. The highest BCUT2D eigenvalue weighted by atomic mass is 32.2. The van der Waals surface area contributed by atoms with Crippen molar-refractivity contribution < 1.29 is 22.1 Å². The van der Waals surface area contributed by atoms with Crippen molar-refractivity contribution in [2.75, 3.05) is 4.72 Å². The number of hydrogen-bond acceptors (Lipinski definition) is 5. The minimum Gasteiger partial charge on any atom is -0.361 e. The first-order valence-electron chi connectivity index (χ1n) is 8.76. The molecule has 1 amide bonds. The molecule has 0 fully saturated rings. The molecule has 0 aliphatic heterocycles. The van der Waals surface area contributed by atoms with Crippen molar-refractivity contribution >= 4 is 21.6 Å². The maximum Gasteiger partial charge on any atom is 0.261 e. The number of nitrogens with zero attached hydrogens (tertiary/aromatic N) is 1. The van der Waals surface area contributed by atoms with Crippen molar-refractivity contribution in [1.29, 1.82) is 0 Å². The van der Waals surface area contributed by atoms with Gasteiger partial charge in [0.15, 0.2) is 0 Å². The topological polar surface area (TPSA) is 101 Å². The minimum absolute atomic E-state index is 0.0742. The third-order valence-electron chi connectivity index (χ3n) is 4.47. The molecule has 152 valence electrons. The molecule has 0 atom stereocenters. The second kappa shape index (κ2) is 8.04. The van der Waals surface area contributed by atoms with Crippen LogP contribution in [0.3, 0.4) is 0 Å². The van der Waals surface area contributed by atoms with Gasteiger partial charge in [0.05, 0.1) is 10.6 Å². The fourth-order valence-corrected chi connectivity index (χ4v) is 3.85. The molecule has 0 unspecified atom stereocenters. The number of aryl methyl sites for hydroxylation is 3. The number of anilines is 1. The first kappa shape index (κ1) is 20.5. The van der Waals surface area contributed by atoms with E-state index < -0.39 is 21.7 Å². The van der Waals surface area contributed by atoms with Crippen LogP contribution in [0.1, 0.15) is 32.9 Å². The zero-order chi connectivity index (χ0) is 21.2. The van der Waals surface area contributed by atoms with Crippen LogP contribution >= 0.6 is 0 Å². The van der Waals surface area contributed by atoms with Crippen molar-refractivity contribution in [3.63, 3.8) is 0 Å². The summed E-state index contributed by atoms with van der Waals surface area (Å²) in [5.41, 5.74) is 2.54. The Hall–Kier alpha value is -3.20. The average Bonchev–Trinajstić information content (AvgIpc) is 2.99. The van der Waals surface area contributed by atoms with E-state index in [9.17, 15) is 17.6 Å². The molecule has 0 aliphatic rings. The maximum atomic E-state index is 13.0. The molecule has 1 aromatic heterocycles. The molecule has 0 saturated heterocycles. The molecule has 3 rings (SSSR count). The summed E-state index contributed by atoms with van der Waals surface area (Å²) in [5.74, 6) is -0.277. The van der Waals surface area contributed by atoms with Gasteiger partial charge in [-0.05, 0) is 62.7 Å². The van der Waals surface area contributed by atoms with Crippen LogP contribution in [0.2, 0.25) is 0 Å². The van der Waals surface area contributed by atoms with Crippen molar-refractivity contribution in [3.8, 4) is 0 Å². The smallest absolute Gasteiger partial charge is 0.261 e. The van der Waals surface area contributed by atoms with Gasteiger partial charge in [0.2, 0.25) is 0 Å². The maximum absolute atomic E-state index is 13.0. The van der Waals surface area contributed by atoms with Crippen LogP contribution < -0.4 is 10.0 Å². The molecule has 9 heteroatoms. The number of sulfonamides is 1. The van der Waals surface area contributed by atoms with E-state index >= 15 is 0 Å². The van der Waals surface area contributed by atoms with E-state index in [1.54, 1.807) is 26.8 Å². The van der Waals surface area contributed by atoms with Crippen molar-refractivity contribution in [1.82, 2.24) is 10.5 Å². The fraction of sp³-hybridized carbons (Fsp3) is 0.200. The lowest BCUT2D eigenvalue weighted by atomic mass is 10.1. The zero-order valence-electron chi connectivity index (χ0n) is 16.1. The van der Waals surface area contributed by atoms with E-state index in [2.05, 4.69) is 15.2 Å². The predicted octanol–water partition coefficient (Wildman–Crippen LogP) is 3.47. The summed E-state index contributed by atoms with van der Waals surface area (Å²) < 4.78 is 45.8. The Morgan fingerprint density at radius 3 is 2.41 bits per heavy atom. The molecular weight excluding hydrogens is 397 g/mol. The van der Waals surface area contributed by atoms with E-state index in [0.29, 0.717) is 17.0 Å². The van der Waals surface area contributed by atoms with Gasteiger partial charge in [0.1, 0.15) is 11.6 Å². The predicted molar refractivity (Wildman–Crippen MR) is 106 cm³/mol. The Balaban J connectivity index is 1.81. The number of carbonyl (C=O) groups is 1. The highest BCUT2D eigenvalue weighted by Gasteiger charge is 2.19. The van der Waals surface area contributed by atoms with Gasteiger partial charge in [-0.1, -0.05) is 11.2 Å². The summed E-state index contributed by atoms with van der Waals surface area (Å²) in [6.07, 6.45) is 0. The molecule has 7 nitrogen and oxygen atoms in total. The first-order valence-corrected chi connectivity index (χ1v) is 10.2. The lowest BCUT2D eigenvalue weighted by molar-refractivity contribution is 0.0950. The largest absolute Gasteiger partial charge is 0.361 e. The molecule has 29 heavy (non-hydrogen) atoms. The number of benzene rings is 2. The van der Waals surface area contributed by atoms with Crippen LogP contribution in [0.5, 0.6) is 0 Å². The SMILES string of the molecule is Cc1ccc(S(=O)(=O)Nc2ccc(F)cc2)cc1C(=O)NCc1c(C)noc1C. The second-order valence-corrected chi connectivity index (χ2v) is 8.26. The molecule has 0 bridgehead atoms.